The van der Waals surface area contributed by atoms with Crippen molar-refractivity contribution in [3.63, 3.8) is 0 Å². The molecule has 0 aliphatic heterocycles. The Morgan fingerprint density at radius 1 is 0.324 bits per heavy atom. The van der Waals surface area contributed by atoms with Gasteiger partial charge in [-0.25, -0.2) is 0 Å². The van der Waals surface area contributed by atoms with Gasteiger partial charge in [0.15, 0.2) is 5.58 Å². The van der Waals surface area contributed by atoms with Crippen LogP contribution in [0.5, 0.6) is 0 Å². The molecule has 11 aromatic carbocycles. The molecular weight excluding hydrogens is 859 g/mol. The molecule has 1 heterocycles. The van der Waals surface area contributed by atoms with Crippen LogP contribution in [0.1, 0.15) is 45.9 Å². The normalized spacial score (nSPS) is 15.0. The van der Waals surface area contributed by atoms with Crippen molar-refractivity contribution in [3.8, 4) is 44.5 Å². The molecule has 0 saturated heterocycles. The van der Waals surface area contributed by atoms with Crippen molar-refractivity contribution in [2.45, 2.75) is 17.8 Å². The molecule has 2 nitrogen and oxygen atoms in total. The monoisotopic (exact) mass is 905 g/mol. The lowest BCUT2D eigenvalue weighted by Crippen LogP contribution is -2.28. The van der Waals surface area contributed by atoms with Gasteiger partial charge in [0.1, 0.15) is 5.58 Å². The highest BCUT2D eigenvalue weighted by Gasteiger charge is 2.46. The minimum atomic E-state index is -0.520. The number of anilines is 3. The predicted molar refractivity (Wildman–Crippen MR) is 294 cm³/mol. The molecule has 2 heteroatoms. The van der Waals surface area contributed by atoms with Gasteiger partial charge < -0.3 is 9.32 Å². The standard InChI is InChI=1S/C69H47NO/c1-68(49-20-5-2-6-21-49)60-31-15-11-27-54(60)56-42-38-47(44-62(56)68)46-36-40-52(41-37-46)70(65-34-19-30-59-58-29-14-18-35-66(58)71-67(59)65)64-33-17-13-26-53(64)48-39-43-57-55-28-12-16-32-61(55)69(63(57)45-48,50-22-7-3-8-23-50)51-24-9-4-10-25-51/h2-45H,1H3. The highest BCUT2D eigenvalue weighted by atomic mass is 16.3. The molecule has 0 saturated carbocycles. The molecule has 0 radical (unpaired) electrons. The highest BCUT2D eigenvalue weighted by molar-refractivity contribution is 6.11. The van der Waals surface area contributed by atoms with Crippen LogP contribution >= 0.6 is 0 Å². The van der Waals surface area contributed by atoms with Gasteiger partial charge >= 0.3 is 0 Å². The van der Waals surface area contributed by atoms with Crippen molar-refractivity contribution in [2.75, 3.05) is 4.90 Å². The molecule has 2 aliphatic carbocycles. The fourth-order valence-electron chi connectivity index (χ4n) is 12.4. The Morgan fingerprint density at radius 3 is 1.54 bits per heavy atom. The van der Waals surface area contributed by atoms with Crippen LogP contribution in [0, 0.1) is 0 Å². The van der Waals surface area contributed by atoms with Crippen LogP contribution in [0.4, 0.5) is 17.1 Å². The second-order valence-corrected chi connectivity index (χ2v) is 19.2. The summed E-state index contributed by atoms with van der Waals surface area (Å²) in [5.74, 6) is 0. The maximum Gasteiger partial charge on any atom is 0.159 e. The molecule has 1 unspecified atom stereocenters. The minimum absolute atomic E-state index is 0.281. The van der Waals surface area contributed by atoms with Gasteiger partial charge in [-0.05, 0) is 127 Å². The quantitative estimate of drug-likeness (QED) is 0.151. The summed E-state index contributed by atoms with van der Waals surface area (Å²) < 4.78 is 6.85. The molecule has 71 heavy (non-hydrogen) atoms. The van der Waals surface area contributed by atoms with Gasteiger partial charge in [-0.3, -0.25) is 0 Å². The first-order valence-corrected chi connectivity index (χ1v) is 24.7. The molecule has 0 fully saturated rings. The lowest BCUT2D eigenvalue weighted by Gasteiger charge is -2.34. The molecule has 2 aliphatic rings. The number of fused-ring (bicyclic) bond motifs is 9. The average Bonchev–Trinajstić information content (AvgIpc) is 4.07. The maximum atomic E-state index is 6.85. The van der Waals surface area contributed by atoms with E-state index in [2.05, 4.69) is 273 Å². The van der Waals surface area contributed by atoms with Gasteiger partial charge in [0, 0.05) is 27.4 Å². The Morgan fingerprint density at radius 2 is 0.817 bits per heavy atom. The largest absolute Gasteiger partial charge is 0.454 e. The number of benzene rings is 11. The predicted octanol–water partition coefficient (Wildman–Crippen LogP) is 18.1. The van der Waals surface area contributed by atoms with Gasteiger partial charge in [-0.15, -0.1) is 0 Å². The number of para-hydroxylation sites is 3. The second-order valence-electron chi connectivity index (χ2n) is 19.2. The van der Waals surface area contributed by atoms with Crippen molar-refractivity contribution < 1.29 is 4.42 Å². The van der Waals surface area contributed by atoms with E-state index in [9.17, 15) is 0 Å². The van der Waals surface area contributed by atoms with Crippen LogP contribution < -0.4 is 4.90 Å². The van der Waals surface area contributed by atoms with Gasteiger partial charge in [-0.2, -0.15) is 0 Å². The zero-order valence-electron chi connectivity index (χ0n) is 39.3. The van der Waals surface area contributed by atoms with Crippen molar-refractivity contribution in [1.82, 2.24) is 0 Å². The van der Waals surface area contributed by atoms with E-state index < -0.39 is 5.41 Å². The number of hydrogen-bond donors (Lipinski definition) is 0. The van der Waals surface area contributed by atoms with Gasteiger partial charge in [0.25, 0.3) is 0 Å². The van der Waals surface area contributed by atoms with Crippen LogP contribution in [0.15, 0.2) is 271 Å². The van der Waals surface area contributed by atoms with Crippen LogP contribution in [0.25, 0.3) is 66.4 Å². The van der Waals surface area contributed by atoms with Crippen molar-refractivity contribution in [3.05, 3.63) is 306 Å². The smallest absolute Gasteiger partial charge is 0.159 e. The SMILES string of the molecule is CC1(c2ccccc2)c2ccccc2-c2ccc(-c3ccc(N(c4ccccc4-c4ccc5c(c4)C(c4ccccc4)(c4ccccc4)c4ccccc4-5)c4cccc5c4oc4ccccc45)cc3)cc21. The summed E-state index contributed by atoms with van der Waals surface area (Å²) in [6.07, 6.45) is 0. The number of hydrogen-bond acceptors (Lipinski definition) is 2. The van der Waals surface area contributed by atoms with E-state index in [-0.39, 0.29) is 5.41 Å². The molecule has 334 valence electrons. The molecular formula is C69H47NO. The first-order chi connectivity index (χ1) is 35.1. The van der Waals surface area contributed by atoms with Gasteiger partial charge in [0.05, 0.1) is 16.8 Å². The fourth-order valence-corrected chi connectivity index (χ4v) is 12.4. The Bertz CT molecular complexity index is 3960. The Hall–Kier alpha value is -8.98. The van der Waals surface area contributed by atoms with Crippen LogP contribution in [0.3, 0.4) is 0 Å². The molecule has 12 aromatic rings. The highest BCUT2D eigenvalue weighted by Crippen LogP contribution is 2.58. The van der Waals surface area contributed by atoms with E-state index in [4.69, 9.17) is 4.42 Å². The van der Waals surface area contributed by atoms with Crippen LogP contribution in [0.2, 0.25) is 0 Å². The number of nitrogens with zero attached hydrogens (tertiary/aromatic N) is 1. The summed E-state index contributed by atoms with van der Waals surface area (Å²) in [5.41, 5.74) is 22.8. The molecule has 0 bridgehead atoms. The van der Waals surface area contributed by atoms with E-state index in [0.29, 0.717) is 0 Å². The first kappa shape index (κ1) is 41.0. The summed E-state index contributed by atoms with van der Waals surface area (Å²) in [6, 6.07) is 98.0. The lowest BCUT2D eigenvalue weighted by molar-refractivity contribution is 0.669. The molecule has 0 N–H and O–H groups in total. The third kappa shape index (κ3) is 6.08. The topological polar surface area (TPSA) is 16.4 Å². The number of rotatable bonds is 8. The summed E-state index contributed by atoms with van der Waals surface area (Å²) in [6.45, 7) is 2.39. The summed E-state index contributed by atoms with van der Waals surface area (Å²) in [5, 5.41) is 2.19. The molecule has 0 amide bonds. The maximum absolute atomic E-state index is 6.85. The van der Waals surface area contributed by atoms with Crippen LogP contribution in [-0.4, -0.2) is 0 Å². The van der Waals surface area contributed by atoms with E-state index >= 15 is 0 Å². The first-order valence-electron chi connectivity index (χ1n) is 24.7. The second kappa shape index (κ2) is 16.1. The lowest BCUT2D eigenvalue weighted by atomic mass is 9.67. The summed E-state index contributed by atoms with van der Waals surface area (Å²) in [4.78, 5) is 2.40. The minimum Gasteiger partial charge on any atom is -0.454 e. The molecule has 1 aromatic heterocycles. The Kier molecular flexibility index (Phi) is 9.28. The van der Waals surface area contributed by atoms with E-state index in [1.54, 1.807) is 0 Å². The summed E-state index contributed by atoms with van der Waals surface area (Å²) in [7, 11) is 0. The Labute approximate surface area is 414 Å². The van der Waals surface area contributed by atoms with E-state index in [1.807, 2.05) is 6.07 Å². The van der Waals surface area contributed by atoms with Gasteiger partial charge in [-0.1, -0.05) is 224 Å². The Balaban J connectivity index is 0.947. The molecule has 0 spiro atoms. The third-order valence-corrected chi connectivity index (χ3v) is 15.7. The fraction of sp³-hybridized carbons (Fsp3) is 0.0435. The van der Waals surface area contributed by atoms with Crippen molar-refractivity contribution in [2.24, 2.45) is 0 Å². The number of furan rings is 1. The van der Waals surface area contributed by atoms with Crippen LogP contribution in [-0.2, 0) is 10.8 Å². The van der Waals surface area contributed by atoms with E-state index in [0.717, 1.165) is 55.7 Å². The van der Waals surface area contributed by atoms with Crippen molar-refractivity contribution in [1.29, 1.82) is 0 Å². The third-order valence-electron chi connectivity index (χ3n) is 15.7. The average molecular weight is 906 g/mol. The molecule has 1 atom stereocenters. The summed E-state index contributed by atoms with van der Waals surface area (Å²) >= 11 is 0. The zero-order valence-corrected chi connectivity index (χ0v) is 39.3. The zero-order chi connectivity index (χ0) is 47.1. The molecule has 14 rings (SSSR count). The van der Waals surface area contributed by atoms with E-state index in [1.165, 1.54) is 66.8 Å². The van der Waals surface area contributed by atoms with Gasteiger partial charge in [0.2, 0.25) is 0 Å². The van der Waals surface area contributed by atoms with Crippen molar-refractivity contribution >= 4 is 39.0 Å².